The zero-order valence-corrected chi connectivity index (χ0v) is 9.33. The molecule has 0 saturated carbocycles. The number of hydrogen-bond donors (Lipinski definition) is 1. The Morgan fingerprint density at radius 1 is 1.53 bits per heavy atom. The van der Waals surface area contributed by atoms with Crippen LogP contribution in [0, 0.1) is 0 Å². The molecule has 0 spiro atoms. The Kier molecular flexibility index (Phi) is 3.09. The molecule has 0 saturated heterocycles. The van der Waals surface area contributed by atoms with Crippen LogP contribution in [0.3, 0.4) is 0 Å². The molecule has 0 aliphatic heterocycles. The minimum Gasteiger partial charge on any atom is -0.497 e. The van der Waals surface area contributed by atoms with Crippen molar-refractivity contribution < 1.29 is 14.6 Å². The van der Waals surface area contributed by atoms with Gasteiger partial charge < -0.3 is 9.84 Å². The molecule has 1 aromatic heterocycles. The van der Waals surface area contributed by atoms with E-state index in [1.807, 2.05) is 24.3 Å². The van der Waals surface area contributed by atoms with Gasteiger partial charge in [0.1, 0.15) is 5.75 Å². The summed E-state index contributed by atoms with van der Waals surface area (Å²) in [5.74, 6) is -0.199. The van der Waals surface area contributed by atoms with E-state index in [4.69, 9.17) is 9.84 Å². The maximum absolute atomic E-state index is 10.7. The number of ether oxygens (including phenoxy) is 1. The Morgan fingerprint density at radius 2 is 2.35 bits per heavy atom. The lowest BCUT2D eigenvalue weighted by atomic mass is 10.2. The van der Waals surface area contributed by atoms with Gasteiger partial charge in [0.15, 0.2) is 0 Å². The summed E-state index contributed by atoms with van der Waals surface area (Å²) < 4.78 is 6.69. The molecule has 2 rings (SSSR count). The Hall–Kier alpha value is -2.30. The summed E-state index contributed by atoms with van der Waals surface area (Å²) in [5, 5.41) is 12.8. The molecular weight excluding hydrogens is 220 g/mol. The second kappa shape index (κ2) is 4.69. The van der Waals surface area contributed by atoms with Gasteiger partial charge in [-0.25, -0.2) is 4.79 Å². The van der Waals surface area contributed by atoms with Gasteiger partial charge in [-0.15, -0.1) is 0 Å². The van der Waals surface area contributed by atoms with E-state index in [-0.39, 0.29) is 5.56 Å². The van der Waals surface area contributed by atoms with E-state index in [2.05, 4.69) is 5.10 Å². The molecule has 1 aromatic carbocycles. The second-order valence-corrected chi connectivity index (χ2v) is 3.58. The van der Waals surface area contributed by atoms with Crippen LogP contribution in [-0.4, -0.2) is 28.0 Å². The number of hydrogen-bond acceptors (Lipinski definition) is 3. The lowest BCUT2D eigenvalue weighted by Crippen LogP contribution is -2.00. The summed E-state index contributed by atoms with van der Waals surface area (Å²) in [4.78, 5) is 10.7. The Balaban J connectivity index is 2.16. The van der Waals surface area contributed by atoms with Crippen LogP contribution in [0.1, 0.15) is 15.9 Å². The quantitative estimate of drug-likeness (QED) is 0.870. The zero-order valence-electron chi connectivity index (χ0n) is 9.33. The van der Waals surface area contributed by atoms with Crippen LogP contribution in [0.5, 0.6) is 5.75 Å². The second-order valence-electron chi connectivity index (χ2n) is 3.58. The van der Waals surface area contributed by atoms with Gasteiger partial charge in [0, 0.05) is 6.20 Å². The molecule has 0 fully saturated rings. The van der Waals surface area contributed by atoms with Crippen LogP contribution in [0.15, 0.2) is 36.7 Å². The molecule has 17 heavy (non-hydrogen) atoms. The first-order chi connectivity index (χ1) is 8.19. The molecule has 0 atom stereocenters. The minimum atomic E-state index is -0.970. The summed E-state index contributed by atoms with van der Waals surface area (Å²) in [6.45, 7) is 0.518. The maximum Gasteiger partial charge on any atom is 0.338 e. The van der Waals surface area contributed by atoms with Crippen LogP contribution in [-0.2, 0) is 6.54 Å². The van der Waals surface area contributed by atoms with Crippen LogP contribution >= 0.6 is 0 Å². The third-order valence-electron chi connectivity index (χ3n) is 2.36. The Morgan fingerprint density at radius 3 is 3.00 bits per heavy atom. The van der Waals surface area contributed by atoms with E-state index in [0.717, 1.165) is 11.3 Å². The molecule has 5 heteroatoms. The van der Waals surface area contributed by atoms with Crippen molar-refractivity contribution in [3.05, 3.63) is 47.8 Å². The van der Waals surface area contributed by atoms with Gasteiger partial charge in [-0.1, -0.05) is 12.1 Å². The first-order valence-corrected chi connectivity index (χ1v) is 5.07. The van der Waals surface area contributed by atoms with Crippen molar-refractivity contribution in [2.45, 2.75) is 6.54 Å². The number of carboxylic acids is 1. The number of aromatic nitrogens is 2. The predicted octanol–water partition coefficient (Wildman–Crippen LogP) is 1.64. The van der Waals surface area contributed by atoms with E-state index in [1.165, 1.54) is 12.4 Å². The van der Waals surface area contributed by atoms with Crippen LogP contribution in [0.2, 0.25) is 0 Å². The highest BCUT2D eigenvalue weighted by Crippen LogP contribution is 2.13. The number of rotatable bonds is 4. The fourth-order valence-electron chi connectivity index (χ4n) is 1.52. The first kappa shape index (κ1) is 11.2. The Labute approximate surface area is 98.3 Å². The van der Waals surface area contributed by atoms with E-state index in [0.29, 0.717) is 6.54 Å². The highest BCUT2D eigenvalue weighted by molar-refractivity contribution is 5.86. The van der Waals surface area contributed by atoms with Crippen molar-refractivity contribution in [2.75, 3.05) is 7.11 Å². The summed E-state index contributed by atoms with van der Waals surface area (Å²) >= 11 is 0. The van der Waals surface area contributed by atoms with E-state index >= 15 is 0 Å². The predicted molar refractivity (Wildman–Crippen MR) is 61.3 cm³/mol. The summed E-state index contributed by atoms with van der Waals surface area (Å²) in [7, 11) is 1.61. The van der Waals surface area contributed by atoms with E-state index in [9.17, 15) is 4.79 Å². The van der Waals surface area contributed by atoms with Gasteiger partial charge in [-0.3, -0.25) is 4.68 Å². The van der Waals surface area contributed by atoms with Crippen molar-refractivity contribution in [2.24, 2.45) is 0 Å². The molecule has 0 radical (unpaired) electrons. The molecule has 2 aromatic rings. The van der Waals surface area contributed by atoms with Crippen LogP contribution < -0.4 is 4.74 Å². The third kappa shape index (κ3) is 2.63. The van der Waals surface area contributed by atoms with Crippen LogP contribution in [0.25, 0.3) is 0 Å². The SMILES string of the molecule is COc1cccc(Cn2cc(C(=O)O)cn2)c1. The van der Waals surface area contributed by atoms with E-state index in [1.54, 1.807) is 11.8 Å². The summed E-state index contributed by atoms with van der Waals surface area (Å²) in [6, 6.07) is 7.57. The highest BCUT2D eigenvalue weighted by Gasteiger charge is 2.06. The van der Waals surface area contributed by atoms with Gasteiger partial charge in [0.25, 0.3) is 0 Å². The van der Waals surface area contributed by atoms with E-state index < -0.39 is 5.97 Å². The molecule has 0 bridgehead atoms. The monoisotopic (exact) mass is 232 g/mol. The first-order valence-electron chi connectivity index (χ1n) is 5.07. The van der Waals surface area contributed by atoms with Gasteiger partial charge in [-0.05, 0) is 17.7 Å². The van der Waals surface area contributed by atoms with Gasteiger partial charge in [-0.2, -0.15) is 5.10 Å². The summed E-state index contributed by atoms with van der Waals surface area (Å²) in [5.41, 5.74) is 1.19. The molecule has 0 amide bonds. The number of nitrogens with zero attached hydrogens (tertiary/aromatic N) is 2. The molecule has 88 valence electrons. The maximum atomic E-state index is 10.7. The van der Waals surface area contributed by atoms with Gasteiger partial charge in [0.05, 0.1) is 25.4 Å². The van der Waals surface area contributed by atoms with Gasteiger partial charge in [0.2, 0.25) is 0 Å². The molecule has 5 nitrogen and oxygen atoms in total. The lowest BCUT2D eigenvalue weighted by Gasteiger charge is -2.04. The fraction of sp³-hybridized carbons (Fsp3) is 0.167. The molecule has 0 unspecified atom stereocenters. The molecule has 0 aliphatic rings. The largest absolute Gasteiger partial charge is 0.497 e. The number of benzene rings is 1. The standard InChI is InChI=1S/C12H12N2O3/c1-17-11-4-2-3-9(5-11)7-14-8-10(6-13-14)12(15)16/h2-6,8H,7H2,1H3,(H,15,16). The third-order valence-corrected chi connectivity index (χ3v) is 2.36. The van der Waals surface area contributed by atoms with Crippen molar-refractivity contribution >= 4 is 5.97 Å². The smallest absolute Gasteiger partial charge is 0.338 e. The van der Waals surface area contributed by atoms with Gasteiger partial charge >= 0.3 is 5.97 Å². The molecular formula is C12H12N2O3. The number of aromatic carboxylic acids is 1. The van der Waals surface area contributed by atoms with Crippen molar-refractivity contribution in [3.63, 3.8) is 0 Å². The number of carboxylic acid groups (broad SMARTS) is 1. The van der Waals surface area contributed by atoms with Crippen molar-refractivity contribution in [1.82, 2.24) is 9.78 Å². The Bertz CT molecular complexity index is 534. The zero-order chi connectivity index (χ0) is 12.3. The number of carbonyl (C=O) groups is 1. The lowest BCUT2D eigenvalue weighted by molar-refractivity contribution is 0.0697. The normalized spacial score (nSPS) is 10.2. The fourth-order valence-corrected chi connectivity index (χ4v) is 1.52. The topological polar surface area (TPSA) is 64.3 Å². The molecule has 1 heterocycles. The highest BCUT2D eigenvalue weighted by atomic mass is 16.5. The minimum absolute atomic E-state index is 0.188. The van der Waals surface area contributed by atoms with Crippen molar-refractivity contribution in [3.8, 4) is 5.75 Å². The van der Waals surface area contributed by atoms with Crippen molar-refractivity contribution in [1.29, 1.82) is 0 Å². The summed E-state index contributed by atoms with van der Waals surface area (Å²) in [6.07, 6.45) is 2.84. The number of methoxy groups -OCH3 is 1. The van der Waals surface area contributed by atoms with Crippen LogP contribution in [0.4, 0.5) is 0 Å². The molecule has 0 aliphatic carbocycles. The average Bonchev–Trinajstić information content (AvgIpc) is 2.78. The average molecular weight is 232 g/mol. The molecule has 1 N–H and O–H groups in total.